The van der Waals surface area contributed by atoms with Crippen molar-refractivity contribution in [3.63, 3.8) is 0 Å². The second-order valence-electron chi connectivity index (χ2n) is 7.17. The Balaban J connectivity index is 1.67. The number of nitrogens with zero attached hydrogens (tertiary/aromatic N) is 4. The number of hydrogen-bond donors (Lipinski definition) is 1. The Kier molecular flexibility index (Phi) is 4.62. The van der Waals surface area contributed by atoms with Crippen molar-refractivity contribution in [1.29, 1.82) is 0 Å². The van der Waals surface area contributed by atoms with Crippen LogP contribution in [0.15, 0.2) is 66.9 Å². The summed E-state index contributed by atoms with van der Waals surface area (Å²) in [6.07, 6.45) is 1.82. The number of nitrogens with one attached hydrogen (secondary N) is 1. The van der Waals surface area contributed by atoms with Crippen molar-refractivity contribution >= 4 is 33.8 Å². The first-order valence-corrected chi connectivity index (χ1v) is 9.89. The fourth-order valence-electron chi connectivity index (χ4n) is 3.88. The smallest absolute Gasteiger partial charge is 0.148 e. The molecule has 1 saturated heterocycles. The number of rotatable bonds is 4. The van der Waals surface area contributed by atoms with Crippen LogP contribution in [0.2, 0.25) is 0 Å². The summed E-state index contributed by atoms with van der Waals surface area (Å²) in [5.41, 5.74) is 5.25. The highest BCUT2D eigenvalue weighted by Crippen LogP contribution is 2.38. The van der Waals surface area contributed by atoms with Crippen molar-refractivity contribution in [2.45, 2.75) is 6.92 Å². The number of H-pyrrole nitrogens is 1. The third-order valence-corrected chi connectivity index (χ3v) is 5.32. The number of hydrogen-bond acceptors (Lipinski definition) is 5. The maximum Gasteiger partial charge on any atom is 0.148 e. The molecule has 4 aromatic rings. The van der Waals surface area contributed by atoms with E-state index in [0.29, 0.717) is 0 Å². The Labute approximate surface area is 169 Å². The number of aromatic amines is 1. The zero-order valence-electron chi connectivity index (χ0n) is 16.4. The van der Waals surface area contributed by atoms with Gasteiger partial charge < -0.3 is 9.64 Å². The standard InChI is InChI=1S/C23H23N5O/c1-17-22-21(26-25-17)10-11-24-23(22)28(18-6-3-2-4-7-18)20-9-5-8-19(16-20)27-12-14-29-15-13-27/h2-11,16H,12-15H2,1H3,(H,25,26). The molecule has 5 rings (SSSR count). The van der Waals surface area contributed by atoms with Crippen LogP contribution in [0.5, 0.6) is 0 Å². The fraction of sp³-hybridized carbons (Fsp3) is 0.217. The van der Waals surface area contributed by atoms with E-state index in [1.807, 2.05) is 25.3 Å². The van der Waals surface area contributed by atoms with Crippen LogP contribution in [0, 0.1) is 6.92 Å². The van der Waals surface area contributed by atoms with Gasteiger partial charge in [-0.05, 0) is 43.3 Å². The molecule has 0 amide bonds. The van der Waals surface area contributed by atoms with E-state index in [4.69, 9.17) is 9.72 Å². The van der Waals surface area contributed by atoms with Crippen molar-refractivity contribution in [3.8, 4) is 0 Å². The molecule has 6 nitrogen and oxygen atoms in total. The average molecular weight is 385 g/mol. The van der Waals surface area contributed by atoms with Crippen LogP contribution in [0.3, 0.4) is 0 Å². The van der Waals surface area contributed by atoms with Crippen molar-refractivity contribution in [2.75, 3.05) is 36.1 Å². The molecule has 146 valence electrons. The van der Waals surface area contributed by atoms with Crippen LogP contribution < -0.4 is 9.80 Å². The first-order chi connectivity index (χ1) is 14.3. The minimum atomic E-state index is 0.766. The Hall–Kier alpha value is -3.38. The van der Waals surface area contributed by atoms with E-state index in [2.05, 4.69) is 68.5 Å². The lowest BCUT2D eigenvalue weighted by Gasteiger charge is -2.31. The lowest BCUT2D eigenvalue weighted by molar-refractivity contribution is 0.122. The molecule has 6 heteroatoms. The number of fused-ring (bicyclic) bond motifs is 1. The molecule has 2 aromatic carbocycles. The Bertz CT molecular complexity index is 1120. The van der Waals surface area contributed by atoms with Crippen LogP contribution in [-0.4, -0.2) is 41.5 Å². The van der Waals surface area contributed by atoms with Gasteiger partial charge >= 0.3 is 0 Å². The van der Waals surface area contributed by atoms with Gasteiger partial charge in [0.1, 0.15) is 5.82 Å². The van der Waals surface area contributed by atoms with Gasteiger partial charge in [-0.25, -0.2) is 4.98 Å². The predicted molar refractivity (Wildman–Crippen MR) is 116 cm³/mol. The predicted octanol–water partition coefficient (Wildman–Crippen LogP) is 4.57. The van der Waals surface area contributed by atoms with Crippen molar-refractivity contribution in [1.82, 2.24) is 15.2 Å². The minimum Gasteiger partial charge on any atom is -0.378 e. The van der Waals surface area contributed by atoms with Gasteiger partial charge in [-0.1, -0.05) is 24.3 Å². The van der Waals surface area contributed by atoms with Gasteiger partial charge in [-0.2, -0.15) is 5.10 Å². The van der Waals surface area contributed by atoms with Gasteiger partial charge in [0.05, 0.1) is 24.1 Å². The normalized spacial score (nSPS) is 14.3. The van der Waals surface area contributed by atoms with E-state index in [0.717, 1.165) is 60.1 Å². The SMILES string of the molecule is Cc1[nH]nc2ccnc(N(c3ccccc3)c3cccc(N4CCOCC4)c3)c12. The first-order valence-electron chi connectivity index (χ1n) is 9.89. The Morgan fingerprint density at radius 1 is 0.966 bits per heavy atom. The fourth-order valence-corrected chi connectivity index (χ4v) is 3.88. The third-order valence-electron chi connectivity index (χ3n) is 5.32. The maximum absolute atomic E-state index is 5.52. The lowest BCUT2D eigenvalue weighted by atomic mass is 10.1. The molecule has 29 heavy (non-hydrogen) atoms. The van der Waals surface area contributed by atoms with Gasteiger partial charge in [-0.15, -0.1) is 0 Å². The lowest BCUT2D eigenvalue weighted by Crippen LogP contribution is -2.36. The molecule has 2 aromatic heterocycles. The quantitative estimate of drug-likeness (QED) is 0.558. The van der Waals surface area contributed by atoms with Crippen molar-refractivity contribution in [3.05, 3.63) is 72.6 Å². The van der Waals surface area contributed by atoms with Crippen molar-refractivity contribution < 1.29 is 4.74 Å². The molecule has 0 atom stereocenters. The summed E-state index contributed by atoms with van der Waals surface area (Å²) in [4.78, 5) is 9.34. The number of para-hydroxylation sites is 1. The van der Waals surface area contributed by atoms with Gasteiger partial charge in [0.15, 0.2) is 0 Å². The Morgan fingerprint density at radius 2 is 1.76 bits per heavy atom. The minimum absolute atomic E-state index is 0.766. The summed E-state index contributed by atoms with van der Waals surface area (Å²) in [6.45, 7) is 5.38. The summed E-state index contributed by atoms with van der Waals surface area (Å²) >= 11 is 0. The van der Waals surface area contributed by atoms with Gasteiger partial charge in [0, 0.05) is 42.0 Å². The van der Waals surface area contributed by atoms with Crippen molar-refractivity contribution in [2.24, 2.45) is 0 Å². The molecule has 0 aliphatic carbocycles. The molecule has 0 bridgehead atoms. The monoisotopic (exact) mass is 385 g/mol. The number of aryl methyl sites for hydroxylation is 1. The largest absolute Gasteiger partial charge is 0.378 e. The molecule has 1 aliphatic rings. The van der Waals surface area contributed by atoms with E-state index < -0.39 is 0 Å². The van der Waals surface area contributed by atoms with E-state index >= 15 is 0 Å². The summed E-state index contributed by atoms with van der Waals surface area (Å²) in [5.74, 6) is 0.874. The first kappa shape index (κ1) is 17.7. The highest BCUT2D eigenvalue weighted by molar-refractivity contribution is 5.96. The Morgan fingerprint density at radius 3 is 2.59 bits per heavy atom. The van der Waals surface area contributed by atoms with E-state index in [1.165, 1.54) is 5.69 Å². The second-order valence-corrected chi connectivity index (χ2v) is 7.17. The maximum atomic E-state index is 5.52. The summed E-state index contributed by atoms with van der Waals surface area (Å²) in [6, 6.07) is 20.9. The van der Waals surface area contributed by atoms with E-state index in [9.17, 15) is 0 Å². The van der Waals surface area contributed by atoms with Crippen LogP contribution in [0.1, 0.15) is 5.69 Å². The zero-order valence-corrected chi connectivity index (χ0v) is 16.4. The topological polar surface area (TPSA) is 57.3 Å². The third kappa shape index (κ3) is 3.32. The molecule has 1 fully saturated rings. The van der Waals surface area contributed by atoms with E-state index in [-0.39, 0.29) is 0 Å². The highest BCUT2D eigenvalue weighted by atomic mass is 16.5. The van der Waals surface area contributed by atoms with Gasteiger partial charge in [0.2, 0.25) is 0 Å². The van der Waals surface area contributed by atoms with E-state index in [1.54, 1.807) is 0 Å². The van der Waals surface area contributed by atoms with Crippen LogP contribution in [-0.2, 0) is 4.74 Å². The summed E-state index contributed by atoms with van der Waals surface area (Å²) in [7, 11) is 0. The van der Waals surface area contributed by atoms with Crippen LogP contribution in [0.4, 0.5) is 22.9 Å². The van der Waals surface area contributed by atoms with Crippen LogP contribution in [0.25, 0.3) is 10.9 Å². The number of aromatic nitrogens is 3. The number of benzene rings is 2. The molecule has 0 saturated carbocycles. The second kappa shape index (κ2) is 7.56. The van der Waals surface area contributed by atoms with Crippen LogP contribution >= 0.6 is 0 Å². The molecule has 0 radical (unpaired) electrons. The molecule has 1 N–H and O–H groups in total. The number of anilines is 4. The molecule has 3 heterocycles. The molecular formula is C23H23N5O. The molecular weight excluding hydrogens is 362 g/mol. The number of ether oxygens (including phenoxy) is 1. The highest BCUT2D eigenvalue weighted by Gasteiger charge is 2.20. The summed E-state index contributed by atoms with van der Waals surface area (Å²) < 4.78 is 5.52. The summed E-state index contributed by atoms with van der Waals surface area (Å²) in [5, 5.41) is 8.56. The van der Waals surface area contributed by atoms with Gasteiger partial charge in [-0.3, -0.25) is 10.00 Å². The molecule has 0 unspecified atom stereocenters. The number of pyridine rings is 1. The zero-order chi connectivity index (χ0) is 19.6. The van der Waals surface area contributed by atoms with Gasteiger partial charge in [0.25, 0.3) is 0 Å². The molecule has 0 spiro atoms. The average Bonchev–Trinajstić information content (AvgIpc) is 3.17. The number of morpholine rings is 1. The molecule has 1 aliphatic heterocycles.